The van der Waals surface area contributed by atoms with Crippen LogP contribution in [0.15, 0.2) is 66.9 Å². The SMILES string of the molecule is Cc1ccc2cc[n+](C)c(-c3ccc(-c4c(C)cccc4C)cc3C)c2c1. The quantitative estimate of drug-likeness (QED) is 0.376. The average Bonchev–Trinajstić information content (AvgIpc) is 2.62. The van der Waals surface area contributed by atoms with Gasteiger partial charge >= 0.3 is 0 Å². The van der Waals surface area contributed by atoms with Crippen molar-refractivity contribution in [2.75, 3.05) is 0 Å². The van der Waals surface area contributed by atoms with E-state index in [2.05, 4.69) is 106 Å². The van der Waals surface area contributed by atoms with Crippen LogP contribution >= 0.6 is 0 Å². The molecule has 4 aromatic rings. The van der Waals surface area contributed by atoms with Gasteiger partial charge in [0, 0.05) is 11.6 Å². The van der Waals surface area contributed by atoms with Crippen LogP contribution in [0, 0.1) is 27.7 Å². The Morgan fingerprint density at radius 3 is 2.15 bits per heavy atom. The zero-order chi connectivity index (χ0) is 19.1. The molecule has 1 heteroatoms. The first-order chi connectivity index (χ1) is 13.0. The molecule has 0 atom stereocenters. The second kappa shape index (κ2) is 6.66. The molecule has 0 radical (unpaired) electrons. The van der Waals surface area contributed by atoms with Crippen LogP contribution in [0.1, 0.15) is 22.3 Å². The van der Waals surface area contributed by atoms with Crippen molar-refractivity contribution in [1.29, 1.82) is 0 Å². The Hall–Kier alpha value is -2.93. The van der Waals surface area contributed by atoms with Gasteiger partial charge in [-0.05, 0) is 73.0 Å². The summed E-state index contributed by atoms with van der Waals surface area (Å²) >= 11 is 0. The van der Waals surface area contributed by atoms with Crippen molar-refractivity contribution >= 4 is 10.8 Å². The molecule has 0 amide bonds. The number of aryl methyl sites for hydroxylation is 5. The highest BCUT2D eigenvalue weighted by Crippen LogP contribution is 2.33. The molecule has 1 heterocycles. The van der Waals surface area contributed by atoms with Crippen LogP contribution in [0.4, 0.5) is 0 Å². The topological polar surface area (TPSA) is 3.88 Å². The summed E-state index contributed by atoms with van der Waals surface area (Å²) in [5, 5.41) is 2.59. The van der Waals surface area contributed by atoms with E-state index in [0.717, 1.165) is 0 Å². The normalized spacial score (nSPS) is 11.1. The molecule has 0 saturated heterocycles. The molecule has 0 fully saturated rings. The summed E-state index contributed by atoms with van der Waals surface area (Å²) in [6, 6.07) is 22.3. The lowest BCUT2D eigenvalue weighted by atomic mass is 9.91. The van der Waals surface area contributed by atoms with Crippen LogP contribution < -0.4 is 4.57 Å². The van der Waals surface area contributed by atoms with Gasteiger partial charge in [0.05, 0.1) is 5.39 Å². The highest BCUT2D eigenvalue weighted by atomic mass is 14.9. The van der Waals surface area contributed by atoms with Gasteiger partial charge < -0.3 is 0 Å². The van der Waals surface area contributed by atoms with E-state index in [1.54, 1.807) is 0 Å². The number of benzene rings is 3. The Morgan fingerprint density at radius 2 is 1.44 bits per heavy atom. The van der Waals surface area contributed by atoms with Gasteiger partial charge in [-0.3, -0.25) is 0 Å². The molecule has 0 N–H and O–H groups in total. The van der Waals surface area contributed by atoms with Crippen molar-refractivity contribution in [1.82, 2.24) is 0 Å². The molecule has 1 aromatic heterocycles. The minimum Gasteiger partial charge on any atom is -0.200 e. The molecular weight excluding hydrogens is 326 g/mol. The smallest absolute Gasteiger partial charge is 0.200 e. The maximum Gasteiger partial charge on any atom is 0.220 e. The van der Waals surface area contributed by atoms with E-state index >= 15 is 0 Å². The number of fused-ring (bicyclic) bond motifs is 1. The summed E-state index contributed by atoms with van der Waals surface area (Å²) in [7, 11) is 2.13. The number of hydrogen-bond acceptors (Lipinski definition) is 0. The van der Waals surface area contributed by atoms with Crippen LogP contribution in [0.5, 0.6) is 0 Å². The van der Waals surface area contributed by atoms with Crippen molar-refractivity contribution in [3.05, 3.63) is 89.1 Å². The van der Waals surface area contributed by atoms with E-state index in [-0.39, 0.29) is 0 Å². The van der Waals surface area contributed by atoms with Crippen molar-refractivity contribution in [3.8, 4) is 22.4 Å². The molecule has 0 aliphatic rings. The second-order valence-corrected chi connectivity index (χ2v) is 7.66. The largest absolute Gasteiger partial charge is 0.220 e. The van der Waals surface area contributed by atoms with Gasteiger partial charge in [-0.25, -0.2) is 4.57 Å². The van der Waals surface area contributed by atoms with E-state index in [4.69, 9.17) is 0 Å². The molecule has 134 valence electrons. The summed E-state index contributed by atoms with van der Waals surface area (Å²) in [5.41, 5.74) is 10.5. The van der Waals surface area contributed by atoms with Crippen LogP contribution in [-0.2, 0) is 7.05 Å². The zero-order valence-corrected chi connectivity index (χ0v) is 16.8. The van der Waals surface area contributed by atoms with Crippen molar-refractivity contribution < 1.29 is 4.57 Å². The first-order valence-corrected chi connectivity index (χ1v) is 9.52. The standard InChI is InChI=1S/C26H26N/c1-17-9-10-21-13-14-27(5)26(24(21)15-17)23-12-11-22(16-20(23)4)25-18(2)7-6-8-19(25)3/h6-16H,1-5H3/q+1. The Bertz CT molecular complexity index is 1140. The van der Waals surface area contributed by atoms with Gasteiger partial charge in [0.25, 0.3) is 0 Å². The summed E-state index contributed by atoms with van der Waals surface area (Å²) in [6.07, 6.45) is 2.16. The number of hydrogen-bond donors (Lipinski definition) is 0. The van der Waals surface area contributed by atoms with Gasteiger partial charge in [0.1, 0.15) is 7.05 Å². The van der Waals surface area contributed by atoms with Crippen LogP contribution in [0.25, 0.3) is 33.2 Å². The van der Waals surface area contributed by atoms with Gasteiger partial charge in [-0.2, -0.15) is 0 Å². The van der Waals surface area contributed by atoms with Gasteiger partial charge in [-0.1, -0.05) is 48.0 Å². The molecule has 0 spiro atoms. The zero-order valence-electron chi connectivity index (χ0n) is 16.8. The Balaban J connectivity index is 1.94. The number of rotatable bonds is 2. The number of aromatic nitrogens is 1. The lowest BCUT2D eigenvalue weighted by Gasteiger charge is -2.13. The monoisotopic (exact) mass is 352 g/mol. The van der Waals surface area contributed by atoms with E-state index in [0.29, 0.717) is 0 Å². The van der Waals surface area contributed by atoms with E-state index in [9.17, 15) is 0 Å². The molecule has 0 saturated carbocycles. The fourth-order valence-corrected chi connectivity index (χ4v) is 4.17. The molecule has 27 heavy (non-hydrogen) atoms. The lowest BCUT2D eigenvalue weighted by molar-refractivity contribution is -0.659. The highest BCUT2D eigenvalue weighted by molar-refractivity contribution is 5.94. The molecule has 4 rings (SSSR count). The Kier molecular flexibility index (Phi) is 4.31. The first kappa shape index (κ1) is 17.5. The van der Waals surface area contributed by atoms with E-state index in [1.807, 2.05) is 0 Å². The summed E-state index contributed by atoms with van der Waals surface area (Å²) < 4.78 is 2.24. The van der Waals surface area contributed by atoms with Gasteiger partial charge in [0.15, 0.2) is 6.20 Å². The molecule has 0 aliphatic heterocycles. The van der Waals surface area contributed by atoms with Crippen molar-refractivity contribution in [2.45, 2.75) is 27.7 Å². The fourth-order valence-electron chi connectivity index (χ4n) is 4.17. The van der Waals surface area contributed by atoms with Gasteiger partial charge in [0.2, 0.25) is 5.69 Å². The van der Waals surface area contributed by atoms with Crippen molar-refractivity contribution in [2.24, 2.45) is 7.05 Å². The van der Waals surface area contributed by atoms with E-state index < -0.39 is 0 Å². The molecule has 3 aromatic carbocycles. The number of pyridine rings is 1. The molecule has 1 nitrogen and oxygen atoms in total. The predicted octanol–water partition coefficient (Wildman–Crippen LogP) is 6.23. The predicted molar refractivity (Wildman–Crippen MR) is 115 cm³/mol. The Labute approximate surface area is 161 Å². The lowest BCUT2D eigenvalue weighted by Crippen LogP contribution is -2.30. The third kappa shape index (κ3) is 3.04. The first-order valence-electron chi connectivity index (χ1n) is 9.52. The molecular formula is C26H26N+. The maximum atomic E-state index is 2.33. The van der Waals surface area contributed by atoms with E-state index in [1.165, 1.54) is 55.4 Å². The summed E-state index contributed by atoms with van der Waals surface area (Å²) in [6.45, 7) is 8.77. The van der Waals surface area contributed by atoms with Gasteiger partial charge in [-0.15, -0.1) is 0 Å². The Morgan fingerprint density at radius 1 is 0.704 bits per heavy atom. The third-order valence-electron chi connectivity index (χ3n) is 5.55. The third-order valence-corrected chi connectivity index (χ3v) is 5.55. The van der Waals surface area contributed by atoms with Crippen LogP contribution in [0.2, 0.25) is 0 Å². The fraction of sp³-hybridized carbons (Fsp3) is 0.192. The maximum absolute atomic E-state index is 2.33. The average molecular weight is 353 g/mol. The minimum absolute atomic E-state index is 1.28. The highest BCUT2D eigenvalue weighted by Gasteiger charge is 2.18. The summed E-state index contributed by atoms with van der Waals surface area (Å²) in [5.74, 6) is 0. The minimum atomic E-state index is 1.28. The second-order valence-electron chi connectivity index (χ2n) is 7.66. The van der Waals surface area contributed by atoms with Crippen LogP contribution in [-0.4, -0.2) is 0 Å². The van der Waals surface area contributed by atoms with Crippen LogP contribution in [0.3, 0.4) is 0 Å². The molecule has 0 unspecified atom stereocenters. The summed E-state index contributed by atoms with van der Waals surface area (Å²) in [4.78, 5) is 0. The number of nitrogens with zero attached hydrogens (tertiary/aromatic N) is 1. The van der Waals surface area contributed by atoms with Crippen molar-refractivity contribution in [3.63, 3.8) is 0 Å². The molecule has 0 aliphatic carbocycles. The molecule has 0 bridgehead atoms.